The Kier molecular flexibility index (Phi) is 4.74. The number of benzene rings is 3. The predicted molar refractivity (Wildman–Crippen MR) is 93.8 cm³/mol. The van der Waals surface area contributed by atoms with Crippen LogP contribution >= 0.6 is 11.6 Å². The zero-order valence-corrected chi connectivity index (χ0v) is 12.8. The lowest BCUT2D eigenvalue weighted by molar-refractivity contribution is 0.802. The lowest BCUT2D eigenvalue weighted by atomic mass is 10.0. The Hall–Kier alpha value is -2.29. The van der Waals surface area contributed by atoms with Crippen LogP contribution in [0.1, 0.15) is 5.56 Å². The van der Waals surface area contributed by atoms with Crippen molar-refractivity contribution in [2.45, 2.75) is 6.54 Å². The van der Waals surface area contributed by atoms with Crippen LogP contribution in [-0.2, 0) is 6.54 Å². The summed E-state index contributed by atoms with van der Waals surface area (Å²) in [4.78, 5) is 0. The fourth-order valence-corrected chi connectivity index (χ4v) is 2.51. The van der Waals surface area contributed by atoms with Crippen molar-refractivity contribution in [1.29, 1.82) is 0 Å². The number of anilines is 1. The number of halogens is 1. The molecule has 3 aromatic carbocycles. The van der Waals surface area contributed by atoms with Crippen LogP contribution in [0.25, 0.3) is 11.1 Å². The van der Waals surface area contributed by atoms with Gasteiger partial charge in [0, 0.05) is 17.3 Å². The Morgan fingerprint density at radius 3 is 2.09 bits per heavy atom. The Morgan fingerprint density at radius 2 is 1.41 bits per heavy atom. The highest BCUT2D eigenvalue weighted by atomic mass is 35.5. The highest BCUT2D eigenvalue weighted by Gasteiger charge is 2.03. The third kappa shape index (κ3) is 3.67. The number of hydrogen-bond acceptors (Lipinski definition) is 2. The van der Waals surface area contributed by atoms with E-state index in [4.69, 9.17) is 11.6 Å². The number of hydrogen-bond donors (Lipinski definition) is 2. The van der Waals surface area contributed by atoms with E-state index in [9.17, 15) is 0 Å². The van der Waals surface area contributed by atoms with E-state index in [-0.39, 0.29) is 0 Å². The van der Waals surface area contributed by atoms with Crippen molar-refractivity contribution in [3.63, 3.8) is 0 Å². The minimum atomic E-state index is 0.656. The zero-order valence-electron chi connectivity index (χ0n) is 12.1. The van der Waals surface area contributed by atoms with Crippen LogP contribution in [0, 0.1) is 0 Å². The standard InChI is InChI=1S/C19H17ClN2/c20-19-13-16(15-7-3-1-4-8-15)11-12-17(19)14-21-22-18-9-5-2-6-10-18/h1-13,21-22H,14H2. The highest BCUT2D eigenvalue weighted by molar-refractivity contribution is 6.31. The summed E-state index contributed by atoms with van der Waals surface area (Å²) in [7, 11) is 0. The Bertz CT molecular complexity index is 727. The minimum absolute atomic E-state index is 0.656. The van der Waals surface area contributed by atoms with Gasteiger partial charge in [0.25, 0.3) is 0 Å². The summed E-state index contributed by atoms with van der Waals surface area (Å²) >= 11 is 6.39. The van der Waals surface area contributed by atoms with Crippen molar-refractivity contribution < 1.29 is 0 Å². The molecule has 3 heteroatoms. The van der Waals surface area contributed by atoms with Crippen LogP contribution < -0.4 is 10.9 Å². The molecule has 0 spiro atoms. The molecule has 22 heavy (non-hydrogen) atoms. The van der Waals surface area contributed by atoms with Crippen LogP contribution in [0.2, 0.25) is 5.02 Å². The van der Waals surface area contributed by atoms with Crippen LogP contribution in [0.5, 0.6) is 0 Å². The van der Waals surface area contributed by atoms with Gasteiger partial charge in [0.1, 0.15) is 0 Å². The summed E-state index contributed by atoms with van der Waals surface area (Å²) in [6, 6.07) is 26.4. The normalized spacial score (nSPS) is 10.4. The lowest BCUT2D eigenvalue weighted by Crippen LogP contribution is -2.20. The fourth-order valence-electron chi connectivity index (χ4n) is 2.26. The topological polar surface area (TPSA) is 24.1 Å². The number of rotatable bonds is 5. The van der Waals surface area contributed by atoms with Crippen molar-refractivity contribution >= 4 is 17.3 Å². The fraction of sp³-hybridized carbons (Fsp3) is 0.0526. The maximum atomic E-state index is 6.39. The molecule has 0 aliphatic carbocycles. The molecule has 0 heterocycles. The summed E-state index contributed by atoms with van der Waals surface area (Å²) < 4.78 is 0. The van der Waals surface area contributed by atoms with Gasteiger partial charge in [0.2, 0.25) is 0 Å². The molecule has 0 saturated heterocycles. The largest absolute Gasteiger partial charge is 0.321 e. The minimum Gasteiger partial charge on any atom is -0.321 e. The number of para-hydroxylation sites is 1. The third-order valence-corrected chi connectivity index (χ3v) is 3.80. The SMILES string of the molecule is Clc1cc(-c2ccccc2)ccc1CNNc1ccccc1. The van der Waals surface area contributed by atoms with Crippen molar-refractivity contribution in [3.8, 4) is 11.1 Å². The van der Waals surface area contributed by atoms with Crippen LogP contribution in [0.4, 0.5) is 5.69 Å². The molecule has 0 bridgehead atoms. The first kappa shape index (κ1) is 14.6. The molecule has 0 saturated carbocycles. The van der Waals surface area contributed by atoms with Crippen LogP contribution in [0.15, 0.2) is 78.9 Å². The third-order valence-electron chi connectivity index (χ3n) is 3.45. The summed E-state index contributed by atoms with van der Waals surface area (Å²) in [6.07, 6.45) is 0. The molecule has 2 N–H and O–H groups in total. The molecule has 0 aromatic heterocycles. The number of nitrogens with one attached hydrogen (secondary N) is 2. The van der Waals surface area contributed by atoms with Gasteiger partial charge in [-0.1, -0.05) is 72.3 Å². The van der Waals surface area contributed by atoms with E-state index in [0.717, 1.165) is 21.8 Å². The molecular formula is C19H17ClN2. The van der Waals surface area contributed by atoms with Gasteiger partial charge in [0.15, 0.2) is 0 Å². The highest BCUT2D eigenvalue weighted by Crippen LogP contribution is 2.25. The van der Waals surface area contributed by atoms with Crippen molar-refractivity contribution in [2.24, 2.45) is 0 Å². The van der Waals surface area contributed by atoms with Gasteiger partial charge in [-0.05, 0) is 34.9 Å². The second kappa shape index (κ2) is 7.12. The zero-order chi connectivity index (χ0) is 15.2. The lowest BCUT2D eigenvalue weighted by Gasteiger charge is -2.11. The van der Waals surface area contributed by atoms with Crippen molar-refractivity contribution in [3.05, 3.63) is 89.4 Å². The molecule has 0 amide bonds. The monoisotopic (exact) mass is 308 g/mol. The first-order valence-electron chi connectivity index (χ1n) is 7.21. The molecule has 0 aliphatic rings. The molecule has 0 unspecified atom stereocenters. The van der Waals surface area contributed by atoms with E-state index < -0.39 is 0 Å². The molecule has 2 nitrogen and oxygen atoms in total. The van der Waals surface area contributed by atoms with E-state index in [2.05, 4.69) is 35.1 Å². The van der Waals surface area contributed by atoms with Crippen molar-refractivity contribution in [1.82, 2.24) is 5.43 Å². The molecule has 0 atom stereocenters. The Morgan fingerprint density at radius 1 is 0.727 bits per heavy atom. The first-order chi connectivity index (χ1) is 10.8. The Labute approximate surface area is 135 Å². The van der Waals surface area contributed by atoms with Gasteiger partial charge in [-0.3, -0.25) is 0 Å². The quantitative estimate of drug-likeness (QED) is 0.639. The first-order valence-corrected chi connectivity index (χ1v) is 7.58. The summed E-state index contributed by atoms with van der Waals surface area (Å²) in [5, 5.41) is 0.767. The summed E-state index contributed by atoms with van der Waals surface area (Å²) in [6.45, 7) is 0.656. The van der Waals surface area contributed by atoms with E-state index in [1.54, 1.807) is 0 Å². The molecule has 3 aromatic rings. The second-order valence-electron chi connectivity index (χ2n) is 5.02. The van der Waals surface area contributed by atoms with Gasteiger partial charge < -0.3 is 5.43 Å². The van der Waals surface area contributed by atoms with E-state index in [0.29, 0.717) is 6.54 Å². The van der Waals surface area contributed by atoms with Crippen LogP contribution in [-0.4, -0.2) is 0 Å². The van der Waals surface area contributed by atoms with E-state index in [1.165, 1.54) is 5.56 Å². The van der Waals surface area contributed by atoms with Gasteiger partial charge in [-0.2, -0.15) is 0 Å². The average Bonchev–Trinajstić information content (AvgIpc) is 2.58. The molecule has 0 aliphatic heterocycles. The molecule has 0 fully saturated rings. The Balaban J connectivity index is 1.65. The van der Waals surface area contributed by atoms with E-state index >= 15 is 0 Å². The van der Waals surface area contributed by atoms with Gasteiger partial charge in [0.05, 0.1) is 0 Å². The smallest absolute Gasteiger partial charge is 0.0487 e. The van der Waals surface area contributed by atoms with E-state index in [1.807, 2.05) is 54.6 Å². The molecule has 0 radical (unpaired) electrons. The molecular weight excluding hydrogens is 292 g/mol. The summed E-state index contributed by atoms with van der Waals surface area (Å²) in [5.41, 5.74) is 10.7. The molecule has 110 valence electrons. The maximum Gasteiger partial charge on any atom is 0.0487 e. The average molecular weight is 309 g/mol. The van der Waals surface area contributed by atoms with Gasteiger partial charge >= 0.3 is 0 Å². The maximum absolute atomic E-state index is 6.39. The molecule has 3 rings (SSSR count). The predicted octanol–water partition coefficient (Wildman–Crippen LogP) is 5.12. The van der Waals surface area contributed by atoms with Crippen LogP contribution in [0.3, 0.4) is 0 Å². The van der Waals surface area contributed by atoms with Gasteiger partial charge in [-0.15, -0.1) is 0 Å². The number of hydrazine groups is 1. The second-order valence-corrected chi connectivity index (χ2v) is 5.42. The van der Waals surface area contributed by atoms with Crippen molar-refractivity contribution in [2.75, 3.05) is 5.43 Å². The summed E-state index contributed by atoms with van der Waals surface area (Å²) in [5.74, 6) is 0. The van der Waals surface area contributed by atoms with Gasteiger partial charge in [-0.25, -0.2) is 5.43 Å².